The first kappa shape index (κ1) is 10.8. The predicted molar refractivity (Wildman–Crippen MR) is 58.5 cm³/mol. The van der Waals surface area contributed by atoms with Gasteiger partial charge in [-0.1, -0.05) is 0 Å². The number of carbonyl (C=O) groups is 1. The molecule has 16 heavy (non-hydrogen) atoms. The molecule has 0 radical (unpaired) electrons. The Morgan fingerprint density at radius 1 is 1.25 bits per heavy atom. The van der Waals surface area contributed by atoms with Gasteiger partial charge in [-0.25, -0.2) is 4.79 Å². The van der Waals surface area contributed by atoms with Gasteiger partial charge in [0.05, 0.1) is 19.8 Å². The zero-order valence-electron chi connectivity index (χ0n) is 9.32. The highest BCUT2D eigenvalue weighted by Gasteiger charge is 2.31. The van der Waals surface area contributed by atoms with E-state index in [9.17, 15) is 4.79 Å². The van der Waals surface area contributed by atoms with E-state index in [-0.39, 0.29) is 5.56 Å². The van der Waals surface area contributed by atoms with Gasteiger partial charge in [0, 0.05) is 5.56 Å². The Labute approximate surface area is 93.8 Å². The number of carboxylic acid groups (broad SMARTS) is 1. The Morgan fingerprint density at radius 3 is 2.06 bits per heavy atom. The van der Waals surface area contributed by atoms with Crippen molar-refractivity contribution >= 4 is 5.97 Å². The lowest BCUT2D eigenvalue weighted by Gasteiger charge is -2.13. The maximum atomic E-state index is 10.9. The molecule has 1 aliphatic carbocycles. The molecule has 0 atom stereocenters. The summed E-state index contributed by atoms with van der Waals surface area (Å²) in [5, 5.41) is 8.96. The molecule has 1 fully saturated rings. The van der Waals surface area contributed by atoms with Crippen LogP contribution in [-0.2, 0) is 0 Å². The maximum Gasteiger partial charge on any atom is 0.335 e. The fraction of sp³-hybridized carbons (Fsp3) is 0.417. The third-order valence-corrected chi connectivity index (χ3v) is 2.78. The van der Waals surface area contributed by atoms with Gasteiger partial charge in [0.25, 0.3) is 0 Å². The van der Waals surface area contributed by atoms with Crippen molar-refractivity contribution in [2.75, 3.05) is 14.2 Å². The van der Waals surface area contributed by atoms with Crippen LogP contribution in [0.2, 0.25) is 0 Å². The van der Waals surface area contributed by atoms with Gasteiger partial charge in [-0.05, 0) is 30.9 Å². The number of aromatic carboxylic acids is 1. The summed E-state index contributed by atoms with van der Waals surface area (Å²) in [5.41, 5.74) is 1.19. The molecule has 0 aromatic heterocycles. The smallest absolute Gasteiger partial charge is 0.335 e. The second kappa shape index (κ2) is 4.04. The summed E-state index contributed by atoms with van der Waals surface area (Å²) < 4.78 is 10.5. The zero-order valence-corrected chi connectivity index (χ0v) is 9.32. The molecular weight excluding hydrogens is 208 g/mol. The first-order chi connectivity index (χ1) is 7.67. The summed E-state index contributed by atoms with van der Waals surface area (Å²) in [6.45, 7) is 0. The fourth-order valence-corrected chi connectivity index (χ4v) is 1.84. The molecule has 0 amide bonds. The predicted octanol–water partition coefficient (Wildman–Crippen LogP) is 2.28. The van der Waals surface area contributed by atoms with Crippen LogP contribution in [-0.4, -0.2) is 25.3 Å². The monoisotopic (exact) mass is 222 g/mol. The van der Waals surface area contributed by atoms with E-state index in [1.165, 1.54) is 0 Å². The molecule has 2 rings (SSSR count). The molecule has 1 N–H and O–H groups in total. The Kier molecular flexibility index (Phi) is 2.73. The molecule has 1 aromatic rings. The van der Waals surface area contributed by atoms with Crippen LogP contribution in [0.4, 0.5) is 0 Å². The molecule has 4 heteroatoms. The molecule has 4 nitrogen and oxygen atoms in total. The van der Waals surface area contributed by atoms with Crippen LogP contribution in [0.25, 0.3) is 0 Å². The van der Waals surface area contributed by atoms with Crippen molar-refractivity contribution in [1.29, 1.82) is 0 Å². The van der Waals surface area contributed by atoms with E-state index in [0.29, 0.717) is 17.4 Å². The molecular formula is C12H14O4. The SMILES string of the molecule is COc1cc(C(=O)O)cc(OC)c1C1CC1. The molecule has 0 aliphatic heterocycles. The van der Waals surface area contributed by atoms with Crippen LogP contribution in [0.3, 0.4) is 0 Å². The summed E-state index contributed by atoms with van der Waals surface area (Å²) in [6, 6.07) is 3.11. The molecule has 0 unspecified atom stereocenters. The molecule has 1 aromatic carbocycles. The highest BCUT2D eigenvalue weighted by Crippen LogP contribution is 2.49. The topological polar surface area (TPSA) is 55.8 Å². The van der Waals surface area contributed by atoms with Crippen molar-refractivity contribution in [2.45, 2.75) is 18.8 Å². The first-order valence-corrected chi connectivity index (χ1v) is 5.16. The fourth-order valence-electron chi connectivity index (χ4n) is 1.84. The highest BCUT2D eigenvalue weighted by atomic mass is 16.5. The third kappa shape index (κ3) is 1.83. The van der Waals surface area contributed by atoms with Gasteiger partial charge in [-0.15, -0.1) is 0 Å². The number of hydrogen-bond donors (Lipinski definition) is 1. The lowest BCUT2D eigenvalue weighted by molar-refractivity contribution is 0.0696. The van der Waals surface area contributed by atoms with Crippen LogP contribution in [0.15, 0.2) is 12.1 Å². The standard InChI is InChI=1S/C12H14O4/c1-15-9-5-8(12(13)14)6-10(16-2)11(9)7-3-4-7/h5-7H,3-4H2,1-2H3,(H,13,14). The molecule has 0 saturated heterocycles. The van der Waals surface area contributed by atoms with Crippen LogP contribution < -0.4 is 9.47 Å². The van der Waals surface area contributed by atoms with Crippen molar-refractivity contribution in [2.24, 2.45) is 0 Å². The molecule has 86 valence electrons. The average molecular weight is 222 g/mol. The average Bonchev–Trinajstić information content (AvgIpc) is 3.10. The minimum atomic E-state index is -0.973. The second-order valence-corrected chi connectivity index (χ2v) is 3.87. The third-order valence-electron chi connectivity index (χ3n) is 2.78. The highest BCUT2D eigenvalue weighted by molar-refractivity contribution is 5.89. The first-order valence-electron chi connectivity index (χ1n) is 5.16. The molecule has 0 spiro atoms. The number of methoxy groups -OCH3 is 2. The number of rotatable bonds is 4. The maximum absolute atomic E-state index is 10.9. The minimum absolute atomic E-state index is 0.193. The Bertz CT molecular complexity index is 396. The van der Waals surface area contributed by atoms with Crippen LogP contribution in [0, 0.1) is 0 Å². The van der Waals surface area contributed by atoms with Gasteiger partial charge in [0.2, 0.25) is 0 Å². The largest absolute Gasteiger partial charge is 0.496 e. The van der Waals surface area contributed by atoms with E-state index in [2.05, 4.69) is 0 Å². The van der Waals surface area contributed by atoms with Gasteiger partial charge in [0.1, 0.15) is 11.5 Å². The van der Waals surface area contributed by atoms with Crippen LogP contribution in [0.5, 0.6) is 11.5 Å². The summed E-state index contributed by atoms with van der Waals surface area (Å²) >= 11 is 0. The van der Waals surface area contributed by atoms with Gasteiger partial charge >= 0.3 is 5.97 Å². The van der Waals surface area contributed by atoms with Crippen molar-refractivity contribution in [3.8, 4) is 11.5 Å². The van der Waals surface area contributed by atoms with E-state index in [0.717, 1.165) is 18.4 Å². The van der Waals surface area contributed by atoms with Crippen molar-refractivity contribution < 1.29 is 19.4 Å². The lowest BCUT2D eigenvalue weighted by atomic mass is 10.0. The van der Waals surface area contributed by atoms with Gasteiger partial charge < -0.3 is 14.6 Å². The van der Waals surface area contributed by atoms with Crippen LogP contribution >= 0.6 is 0 Å². The number of ether oxygens (including phenoxy) is 2. The van der Waals surface area contributed by atoms with E-state index in [4.69, 9.17) is 14.6 Å². The van der Waals surface area contributed by atoms with E-state index >= 15 is 0 Å². The van der Waals surface area contributed by atoms with Crippen molar-refractivity contribution in [3.05, 3.63) is 23.3 Å². The van der Waals surface area contributed by atoms with Crippen LogP contribution in [0.1, 0.15) is 34.7 Å². The summed E-state index contributed by atoms with van der Waals surface area (Å²) in [5.74, 6) is 0.699. The molecule has 1 saturated carbocycles. The van der Waals surface area contributed by atoms with E-state index < -0.39 is 5.97 Å². The van der Waals surface area contributed by atoms with Gasteiger partial charge in [0.15, 0.2) is 0 Å². The Morgan fingerprint density at radius 2 is 1.75 bits per heavy atom. The van der Waals surface area contributed by atoms with Gasteiger partial charge in [-0.3, -0.25) is 0 Å². The van der Waals surface area contributed by atoms with E-state index in [1.54, 1.807) is 26.4 Å². The number of carboxylic acids is 1. The normalized spacial score (nSPS) is 14.6. The summed E-state index contributed by atoms with van der Waals surface area (Å²) in [6.07, 6.45) is 2.22. The van der Waals surface area contributed by atoms with E-state index in [1.807, 2.05) is 0 Å². The quantitative estimate of drug-likeness (QED) is 0.849. The molecule has 0 heterocycles. The Hall–Kier alpha value is -1.71. The van der Waals surface area contributed by atoms with Crippen molar-refractivity contribution in [3.63, 3.8) is 0 Å². The lowest BCUT2D eigenvalue weighted by Crippen LogP contribution is -2.02. The number of hydrogen-bond acceptors (Lipinski definition) is 3. The summed E-state index contributed by atoms with van der Waals surface area (Å²) in [4.78, 5) is 10.9. The minimum Gasteiger partial charge on any atom is -0.496 e. The second-order valence-electron chi connectivity index (χ2n) is 3.87. The molecule has 0 bridgehead atoms. The zero-order chi connectivity index (χ0) is 11.7. The number of benzene rings is 1. The van der Waals surface area contributed by atoms with Gasteiger partial charge in [-0.2, -0.15) is 0 Å². The van der Waals surface area contributed by atoms with Crippen molar-refractivity contribution in [1.82, 2.24) is 0 Å². The Balaban J connectivity index is 2.53. The molecule has 1 aliphatic rings. The summed E-state index contributed by atoms with van der Waals surface area (Å²) in [7, 11) is 3.10.